The van der Waals surface area contributed by atoms with Crippen LogP contribution in [0.5, 0.6) is 0 Å². The average molecular weight is 276 g/mol. The number of hydrogen-bond acceptors (Lipinski definition) is 3. The second-order valence-electron chi connectivity index (χ2n) is 4.77. The molecule has 1 aliphatic heterocycles. The zero-order valence-corrected chi connectivity index (χ0v) is 12.0. The molecule has 7 heteroatoms. The van der Waals surface area contributed by atoms with Gasteiger partial charge < -0.3 is 10.2 Å². The molecule has 0 aromatic carbocycles. The van der Waals surface area contributed by atoms with Crippen molar-refractivity contribution in [2.24, 2.45) is 16.0 Å². The maximum Gasteiger partial charge on any atom is 0.210 e. The standard InChI is InChI=1S/C11H24N4O2S/c1-3-13-11(14-6-9-18(12,16)17)15-7-4-10(2)5-8-15/h10H,3-9H2,1-2H3,(H,13,14)(H2,12,16,17). The summed E-state index contributed by atoms with van der Waals surface area (Å²) in [4.78, 5) is 6.51. The Morgan fingerprint density at radius 3 is 2.56 bits per heavy atom. The number of nitrogens with two attached hydrogens (primary N) is 1. The van der Waals surface area contributed by atoms with Crippen molar-refractivity contribution >= 4 is 16.0 Å². The molecule has 106 valence electrons. The largest absolute Gasteiger partial charge is 0.357 e. The van der Waals surface area contributed by atoms with Gasteiger partial charge in [0, 0.05) is 19.6 Å². The molecule has 0 aromatic heterocycles. The first kappa shape index (κ1) is 15.2. The smallest absolute Gasteiger partial charge is 0.210 e. The second kappa shape index (κ2) is 6.94. The first-order chi connectivity index (χ1) is 8.42. The van der Waals surface area contributed by atoms with Crippen molar-refractivity contribution in [3.8, 4) is 0 Å². The number of rotatable bonds is 4. The van der Waals surface area contributed by atoms with Crippen molar-refractivity contribution in [2.75, 3.05) is 31.9 Å². The van der Waals surface area contributed by atoms with E-state index in [1.807, 2.05) is 6.92 Å². The number of guanidine groups is 1. The molecule has 18 heavy (non-hydrogen) atoms. The Morgan fingerprint density at radius 2 is 2.06 bits per heavy atom. The summed E-state index contributed by atoms with van der Waals surface area (Å²) in [6, 6.07) is 0. The van der Waals surface area contributed by atoms with Crippen LogP contribution in [-0.4, -0.2) is 51.2 Å². The van der Waals surface area contributed by atoms with E-state index in [0.29, 0.717) is 0 Å². The molecule has 0 saturated carbocycles. The van der Waals surface area contributed by atoms with Gasteiger partial charge in [-0.25, -0.2) is 13.6 Å². The quantitative estimate of drug-likeness (QED) is 0.557. The number of aliphatic imine (C=N–C) groups is 1. The molecule has 0 radical (unpaired) electrons. The molecule has 0 amide bonds. The number of hydrogen-bond donors (Lipinski definition) is 2. The van der Waals surface area contributed by atoms with Crippen LogP contribution in [0, 0.1) is 5.92 Å². The van der Waals surface area contributed by atoms with Crippen molar-refractivity contribution in [3.05, 3.63) is 0 Å². The van der Waals surface area contributed by atoms with Gasteiger partial charge in [-0.3, -0.25) is 4.99 Å². The fourth-order valence-electron chi connectivity index (χ4n) is 1.92. The van der Waals surface area contributed by atoms with Crippen molar-refractivity contribution in [1.82, 2.24) is 10.2 Å². The fourth-order valence-corrected chi connectivity index (χ4v) is 2.27. The van der Waals surface area contributed by atoms with Crippen LogP contribution in [0.3, 0.4) is 0 Å². The molecule has 0 unspecified atom stereocenters. The Bertz CT molecular complexity index is 373. The van der Waals surface area contributed by atoms with E-state index < -0.39 is 10.0 Å². The molecule has 1 heterocycles. The summed E-state index contributed by atoms with van der Waals surface area (Å²) in [6.07, 6.45) is 2.30. The Kier molecular flexibility index (Phi) is 5.87. The normalized spacial score (nSPS) is 19.1. The molecule has 6 nitrogen and oxygen atoms in total. The highest BCUT2D eigenvalue weighted by Crippen LogP contribution is 2.15. The summed E-state index contributed by atoms with van der Waals surface area (Å²) in [6.45, 7) is 7.20. The van der Waals surface area contributed by atoms with Gasteiger partial charge in [0.15, 0.2) is 5.96 Å². The van der Waals surface area contributed by atoms with Crippen LogP contribution in [0.25, 0.3) is 0 Å². The SMILES string of the molecule is CCNC(=NCCS(N)(=O)=O)N1CCC(C)CC1. The molecule has 0 aliphatic carbocycles. The molecular formula is C11H24N4O2S. The topological polar surface area (TPSA) is 87.8 Å². The molecule has 0 spiro atoms. The van der Waals surface area contributed by atoms with Gasteiger partial charge in [-0.1, -0.05) is 6.92 Å². The van der Waals surface area contributed by atoms with Crippen molar-refractivity contribution in [1.29, 1.82) is 0 Å². The summed E-state index contributed by atoms with van der Waals surface area (Å²) >= 11 is 0. The van der Waals surface area contributed by atoms with Gasteiger partial charge in [-0.05, 0) is 25.7 Å². The lowest BCUT2D eigenvalue weighted by molar-refractivity contribution is 0.273. The van der Waals surface area contributed by atoms with E-state index in [9.17, 15) is 8.42 Å². The zero-order valence-electron chi connectivity index (χ0n) is 11.2. The molecule has 1 aliphatic rings. The molecule has 3 N–H and O–H groups in total. The van der Waals surface area contributed by atoms with E-state index in [0.717, 1.165) is 44.4 Å². The first-order valence-corrected chi connectivity index (χ1v) is 8.17. The van der Waals surface area contributed by atoms with Crippen LogP contribution in [0.4, 0.5) is 0 Å². The Hall–Kier alpha value is -0.820. The first-order valence-electron chi connectivity index (χ1n) is 6.46. The Balaban J connectivity index is 2.55. The van der Waals surface area contributed by atoms with Crippen LogP contribution in [0.1, 0.15) is 26.7 Å². The van der Waals surface area contributed by atoms with Gasteiger partial charge in [-0.2, -0.15) is 0 Å². The van der Waals surface area contributed by atoms with Gasteiger partial charge in [0.2, 0.25) is 10.0 Å². The third kappa shape index (κ3) is 5.68. The highest BCUT2D eigenvalue weighted by atomic mass is 32.2. The van der Waals surface area contributed by atoms with Gasteiger partial charge in [0.1, 0.15) is 0 Å². The molecule has 0 bridgehead atoms. The lowest BCUT2D eigenvalue weighted by Crippen LogP contribution is -2.45. The average Bonchev–Trinajstić information content (AvgIpc) is 2.27. The van der Waals surface area contributed by atoms with E-state index in [4.69, 9.17) is 5.14 Å². The van der Waals surface area contributed by atoms with Crippen LogP contribution in [-0.2, 0) is 10.0 Å². The van der Waals surface area contributed by atoms with E-state index in [2.05, 4.69) is 22.1 Å². The Labute approximate surface area is 110 Å². The van der Waals surface area contributed by atoms with Gasteiger partial charge >= 0.3 is 0 Å². The molecule has 1 saturated heterocycles. The van der Waals surface area contributed by atoms with Crippen LogP contribution in [0.2, 0.25) is 0 Å². The minimum Gasteiger partial charge on any atom is -0.357 e. The number of nitrogens with one attached hydrogen (secondary N) is 1. The molecule has 0 atom stereocenters. The van der Waals surface area contributed by atoms with Crippen LogP contribution < -0.4 is 10.5 Å². The van der Waals surface area contributed by atoms with Crippen LogP contribution >= 0.6 is 0 Å². The number of likely N-dealkylation sites (tertiary alicyclic amines) is 1. The van der Waals surface area contributed by atoms with Gasteiger partial charge in [0.05, 0.1) is 12.3 Å². The van der Waals surface area contributed by atoms with E-state index >= 15 is 0 Å². The van der Waals surface area contributed by atoms with Crippen molar-refractivity contribution in [3.63, 3.8) is 0 Å². The summed E-state index contributed by atoms with van der Waals surface area (Å²) in [5.74, 6) is 1.45. The fraction of sp³-hybridized carbons (Fsp3) is 0.909. The summed E-state index contributed by atoms with van der Waals surface area (Å²) < 4.78 is 21.7. The van der Waals surface area contributed by atoms with E-state index in [-0.39, 0.29) is 12.3 Å². The predicted octanol–water partition coefficient (Wildman–Crippen LogP) is -0.0277. The zero-order chi connectivity index (χ0) is 13.6. The number of primary sulfonamides is 1. The monoisotopic (exact) mass is 276 g/mol. The Morgan fingerprint density at radius 1 is 1.44 bits per heavy atom. The lowest BCUT2D eigenvalue weighted by Gasteiger charge is -2.32. The third-order valence-electron chi connectivity index (χ3n) is 3.06. The third-order valence-corrected chi connectivity index (χ3v) is 3.81. The number of piperidine rings is 1. The highest BCUT2D eigenvalue weighted by molar-refractivity contribution is 7.89. The number of sulfonamides is 1. The highest BCUT2D eigenvalue weighted by Gasteiger charge is 2.18. The molecule has 1 fully saturated rings. The minimum atomic E-state index is -3.43. The number of nitrogens with zero attached hydrogens (tertiary/aromatic N) is 2. The second-order valence-corrected chi connectivity index (χ2v) is 6.51. The summed E-state index contributed by atoms with van der Waals surface area (Å²) in [7, 11) is -3.43. The predicted molar refractivity (Wildman–Crippen MR) is 73.9 cm³/mol. The van der Waals surface area contributed by atoms with E-state index in [1.165, 1.54) is 0 Å². The molecular weight excluding hydrogens is 252 g/mol. The van der Waals surface area contributed by atoms with Gasteiger partial charge in [0.25, 0.3) is 0 Å². The summed E-state index contributed by atoms with van der Waals surface area (Å²) in [5, 5.41) is 8.15. The summed E-state index contributed by atoms with van der Waals surface area (Å²) in [5.41, 5.74) is 0. The van der Waals surface area contributed by atoms with Crippen LogP contribution in [0.15, 0.2) is 4.99 Å². The van der Waals surface area contributed by atoms with Crippen molar-refractivity contribution < 1.29 is 8.42 Å². The van der Waals surface area contributed by atoms with E-state index in [1.54, 1.807) is 0 Å². The molecule has 0 aromatic rings. The van der Waals surface area contributed by atoms with Crippen molar-refractivity contribution in [2.45, 2.75) is 26.7 Å². The maximum atomic E-state index is 10.9. The molecule has 1 rings (SSSR count). The maximum absolute atomic E-state index is 10.9. The lowest BCUT2D eigenvalue weighted by atomic mass is 10.00. The van der Waals surface area contributed by atoms with Gasteiger partial charge in [-0.15, -0.1) is 0 Å². The minimum absolute atomic E-state index is 0.105.